The number of nitrogens with one attached hydrogen (secondary N) is 2. The maximum atomic E-state index is 12.6. The van der Waals surface area contributed by atoms with Crippen LogP contribution in [-0.4, -0.2) is 29.0 Å². The molecule has 0 bridgehead atoms. The summed E-state index contributed by atoms with van der Waals surface area (Å²) >= 11 is 0. The lowest BCUT2D eigenvalue weighted by Crippen LogP contribution is -2.14. The van der Waals surface area contributed by atoms with E-state index in [1.165, 1.54) is 0 Å². The first-order valence-electron chi connectivity index (χ1n) is 4.10. The summed E-state index contributed by atoms with van der Waals surface area (Å²) in [4.78, 5) is -0.0845. The van der Waals surface area contributed by atoms with Crippen LogP contribution >= 0.6 is 0 Å². The fraction of sp³-hybridized carbons (Fsp3) is 0. The quantitative estimate of drug-likeness (QED) is 0.798. The van der Waals surface area contributed by atoms with E-state index in [9.17, 15) is 12.8 Å². The van der Waals surface area contributed by atoms with Gasteiger partial charge in [0, 0.05) is 0 Å². The zero-order chi connectivity index (χ0) is 11.6. The van der Waals surface area contributed by atoms with Crippen LogP contribution in [0.25, 0.3) is 0 Å². The predicted octanol–water partition coefficient (Wildman–Crippen LogP) is 0.140. The summed E-state index contributed by atoms with van der Waals surface area (Å²) in [5, 5.41) is 12.2. The molecule has 2 N–H and O–H groups in total. The van der Waals surface area contributed by atoms with Gasteiger partial charge >= 0.3 is 0 Å². The summed E-state index contributed by atoms with van der Waals surface area (Å²) in [6.07, 6.45) is 0. The molecule has 7 nitrogen and oxygen atoms in total. The molecule has 2 aromatic rings. The lowest BCUT2D eigenvalue weighted by atomic mass is 10.4. The highest BCUT2D eigenvalue weighted by Gasteiger charge is 2.15. The van der Waals surface area contributed by atoms with E-state index >= 15 is 0 Å². The lowest BCUT2D eigenvalue weighted by molar-refractivity contribution is 0.599. The zero-order valence-corrected chi connectivity index (χ0v) is 8.57. The Morgan fingerprint density at radius 3 is 2.50 bits per heavy atom. The van der Waals surface area contributed by atoms with Crippen molar-refractivity contribution in [3.63, 3.8) is 0 Å². The highest BCUT2D eigenvalue weighted by Crippen LogP contribution is 2.12. The van der Waals surface area contributed by atoms with Crippen molar-refractivity contribution < 1.29 is 12.8 Å². The Balaban J connectivity index is 2.29. The summed E-state index contributed by atoms with van der Waals surface area (Å²) in [5.74, 6) is -0.692. The first-order valence-corrected chi connectivity index (χ1v) is 5.58. The Bertz CT molecular complexity index is 565. The molecule has 1 aromatic carbocycles. The van der Waals surface area contributed by atoms with E-state index in [-0.39, 0.29) is 10.8 Å². The third kappa shape index (κ3) is 2.14. The van der Waals surface area contributed by atoms with Crippen LogP contribution in [0.2, 0.25) is 0 Å². The van der Waals surface area contributed by atoms with Crippen LogP contribution in [0, 0.1) is 5.82 Å². The Morgan fingerprint density at radius 2 is 1.94 bits per heavy atom. The normalized spacial score (nSPS) is 11.3. The minimum Gasteiger partial charge on any atom is -0.245 e. The summed E-state index contributed by atoms with van der Waals surface area (Å²) in [6, 6.07) is 4.37. The van der Waals surface area contributed by atoms with Gasteiger partial charge in [-0.25, -0.2) is 17.5 Å². The molecule has 0 aliphatic heterocycles. The van der Waals surface area contributed by atoms with Crippen molar-refractivity contribution in [3.05, 3.63) is 30.1 Å². The van der Waals surface area contributed by atoms with Crippen molar-refractivity contribution in [3.8, 4) is 0 Å². The largest absolute Gasteiger partial charge is 0.276 e. The Labute approximate surface area is 89.7 Å². The second kappa shape index (κ2) is 3.85. The molecule has 9 heteroatoms. The average Bonchev–Trinajstić information content (AvgIpc) is 2.70. The molecule has 0 spiro atoms. The molecule has 1 aromatic heterocycles. The van der Waals surface area contributed by atoms with E-state index in [0.29, 0.717) is 0 Å². The molecular formula is C7H6FN5O2S. The number of H-pyrrole nitrogens is 1. The van der Waals surface area contributed by atoms with E-state index in [2.05, 4.69) is 25.3 Å². The molecule has 16 heavy (non-hydrogen) atoms. The Kier molecular flexibility index (Phi) is 2.52. The number of hydrogen-bond donors (Lipinski definition) is 2. The minimum atomic E-state index is -3.80. The average molecular weight is 243 g/mol. The molecule has 0 fully saturated rings. The number of sulfonamides is 1. The lowest BCUT2D eigenvalue weighted by Gasteiger charge is -2.03. The summed E-state index contributed by atoms with van der Waals surface area (Å²) in [7, 11) is -3.80. The van der Waals surface area contributed by atoms with Gasteiger partial charge in [0.2, 0.25) is 0 Å². The molecule has 0 aliphatic rings. The molecule has 0 amide bonds. The molecule has 1 heterocycles. The van der Waals surface area contributed by atoms with Gasteiger partial charge in [0.1, 0.15) is 5.82 Å². The zero-order valence-electron chi connectivity index (χ0n) is 7.75. The number of anilines is 1. The smallest absolute Gasteiger partial charge is 0.245 e. The van der Waals surface area contributed by atoms with Crippen LogP contribution in [0.4, 0.5) is 10.3 Å². The number of tetrazole rings is 1. The first-order chi connectivity index (χ1) is 7.58. The Morgan fingerprint density at radius 1 is 1.25 bits per heavy atom. The van der Waals surface area contributed by atoms with Crippen molar-refractivity contribution in [1.82, 2.24) is 20.6 Å². The number of aromatic amines is 1. The predicted molar refractivity (Wildman–Crippen MR) is 51.4 cm³/mol. The molecule has 0 radical (unpaired) electrons. The highest BCUT2D eigenvalue weighted by atomic mass is 32.2. The van der Waals surface area contributed by atoms with E-state index in [0.717, 1.165) is 24.3 Å². The van der Waals surface area contributed by atoms with Crippen LogP contribution in [0.1, 0.15) is 0 Å². The maximum Gasteiger partial charge on any atom is 0.276 e. The summed E-state index contributed by atoms with van der Waals surface area (Å²) < 4.78 is 38.0. The molecule has 0 aliphatic carbocycles. The third-order valence-electron chi connectivity index (χ3n) is 1.69. The monoisotopic (exact) mass is 243 g/mol. The molecule has 0 saturated carbocycles. The van der Waals surface area contributed by atoms with Gasteiger partial charge in [-0.2, -0.15) is 5.21 Å². The number of rotatable bonds is 3. The number of hydrogen-bond acceptors (Lipinski definition) is 5. The van der Waals surface area contributed by atoms with Crippen molar-refractivity contribution in [2.24, 2.45) is 0 Å². The highest BCUT2D eigenvalue weighted by molar-refractivity contribution is 7.92. The fourth-order valence-electron chi connectivity index (χ4n) is 0.998. The second-order valence-electron chi connectivity index (χ2n) is 2.79. The molecule has 0 saturated heterocycles. The minimum absolute atomic E-state index is 0.0845. The van der Waals surface area contributed by atoms with Crippen molar-refractivity contribution in [2.45, 2.75) is 4.90 Å². The van der Waals surface area contributed by atoms with Crippen LogP contribution in [0.15, 0.2) is 29.2 Å². The van der Waals surface area contributed by atoms with Gasteiger partial charge in [-0.3, -0.25) is 0 Å². The molecule has 84 valence electrons. The van der Waals surface area contributed by atoms with Crippen molar-refractivity contribution in [2.75, 3.05) is 4.72 Å². The molecular weight excluding hydrogens is 237 g/mol. The van der Waals surface area contributed by atoms with Gasteiger partial charge < -0.3 is 0 Å². The van der Waals surface area contributed by atoms with Crippen molar-refractivity contribution >= 4 is 16.0 Å². The van der Waals surface area contributed by atoms with Crippen LogP contribution in [0.3, 0.4) is 0 Å². The second-order valence-corrected chi connectivity index (χ2v) is 4.48. The maximum absolute atomic E-state index is 12.6. The van der Waals surface area contributed by atoms with Gasteiger partial charge in [0.15, 0.2) is 0 Å². The van der Waals surface area contributed by atoms with E-state index < -0.39 is 15.8 Å². The fourth-order valence-corrected chi connectivity index (χ4v) is 1.94. The van der Waals surface area contributed by atoms with E-state index in [1.54, 1.807) is 0 Å². The van der Waals surface area contributed by atoms with Crippen LogP contribution in [0.5, 0.6) is 0 Å². The topological polar surface area (TPSA) is 101 Å². The summed E-state index contributed by atoms with van der Waals surface area (Å²) in [5.41, 5.74) is 0. The van der Waals surface area contributed by atoms with Crippen LogP contribution < -0.4 is 4.72 Å². The number of nitrogens with zero attached hydrogens (tertiary/aromatic N) is 3. The van der Waals surface area contributed by atoms with Gasteiger partial charge in [-0.15, -0.1) is 5.10 Å². The number of benzene rings is 1. The standard InChI is InChI=1S/C7H6FN5O2S/c8-5-1-3-6(4-2-5)16(14,15)11-7-9-12-13-10-7/h1-4H,(H2,9,10,11,12,13). The molecule has 0 unspecified atom stereocenters. The number of aromatic nitrogens is 4. The van der Waals surface area contributed by atoms with Gasteiger partial charge in [0.05, 0.1) is 4.90 Å². The number of halogens is 1. The third-order valence-corrected chi connectivity index (χ3v) is 3.04. The molecule has 2 rings (SSSR count). The van der Waals surface area contributed by atoms with Crippen molar-refractivity contribution in [1.29, 1.82) is 0 Å². The SMILES string of the molecule is O=S(=O)(Nc1nn[nH]n1)c1ccc(F)cc1. The van der Waals surface area contributed by atoms with Gasteiger partial charge in [-0.05, 0) is 29.5 Å². The van der Waals surface area contributed by atoms with Gasteiger partial charge in [0.25, 0.3) is 16.0 Å². The molecule has 0 atom stereocenters. The van der Waals surface area contributed by atoms with Gasteiger partial charge in [-0.1, -0.05) is 5.10 Å². The Hall–Kier alpha value is -2.03. The van der Waals surface area contributed by atoms with E-state index in [1.807, 2.05) is 0 Å². The summed E-state index contributed by atoms with van der Waals surface area (Å²) in [6.45, 7) is 0. The van der Waals surface area contributed by atoms with E-state index in [4.69, 9.17) is 0 Å². The van der Waals surface area contributed by atoms with Crippen LogP contribution in [-0.2, 0) is 10.0 Å². The first kappa shape index (κ1) is 10.5.